The van der Waals surface area contributed by atoms with E-state index >= 15 is 0 Å². The van der Waals surface area contributed by atoms with Gasteiger partial charge in [-0.1, -0.05) is 0 Å². The Morgan fingerprint density at radius 1 is 1.26 bits per heavy atom. The number of amides is 2. The molecular weight excluding hydrogens is 292 g/mol. The van der Waals surface area contributed by atoms with Gasteiger partial charge in [0.2, 0.25) is 5.91 Å². The van der Waals surface area contributed by atoms with Gasteiger partial charge in [-0.3, -0.25) is 9.59 Å². The molecule has 1 aromatic heterocycles. The quantitative estimate of drug-likeness (QED) is 0.912. The van der Waals surface area contributed by atoms with E-state index in [1.807, 2.05) is 26.2 Å². The molecule has 1 aliphatic heterocycles. The van der Waals surface area contributed by atoms with E-state index in [4.69, 9.17) is 0 Å². The summed E-state index contributed by atoms with van der Waals surface area (Å²) in [6, 6.07) is 8.99. The standard InChI is InChI=1S/C17H18N4O2/c1-21(2)16-13(4-3-9-18-16)17(23)19-12-6-7-14-11(10-12)5-8-15(22)20-14/h3-4,6-7,9-10H,5,8H2,1-2H3,(H,19,23)(H,20,22). The average molecular weight is 310 g/mol. The van der Waals surface area contributed by atoms with Crippen LogP contribution in [-0.2, 0) is 11.2 Å². The van der Waals surface area contributed by atoms with Crippen LogP contribution in [0.1, 0.15) is 22.3 Å². The number of aromatic nitrogens is 1. The van der Waals surface area contributed by atoms with Gasteiger partial charge in [0.1, 0.15) is 5.82 Å². The molecule has 0 unspecified atom stereocenters. The predicted molar refractivity (Wildman–Crippen MR) is 89.9 cm³/mol. The topological polar surface area (TPSA) is 74.3 Å². The van der Waals surface area contributed by atoms with Crippen molar-refractivity contribution in [2.75, 3.05) is 29.6 Å². The minimum Gasteiger partial charge on any atom is -0.362 e. The van der Waals surface area contributed by atoms with E-state index in [-0.39, 0.29) is 11.8 Å². The summed E-state index contributed by atoms with van der Waals surface area (Å²) in [5.74, 6) is 0.442. The fourth-order valence-electron chi connectivity index (χ4n) is 2.59. The highest BCUT2D eigenvalue weighted by atomic mass is 16.2. The van der Waals surface area contributed by atoms with E-state index in [9.17, 15) is 9.59 Å². The summed E-state index contributed by atoms with van der Waals surface area (Å²) < 4.78 is 0. The van der Waals surface area contributed by atoms with Crippen LogP contribution in [0.15, 0.2) is 36.5 Å². The van der Waals surface area contributed by atoms with Crippen molar-refractivity contribution in [3.05, 3.63) is 47.7 Å². The van der Waals surface area contributed by atoms with Gasteiger partial charge in [0, 0.05) is 38.1 Å². The van der Waals surface area contributed by atoms with Gasteiger partial charge in [0.05, 0.1) is 5.56 Å². The van der Waals surface area contributed by atoms with Crippen LogP contribution in [0.4, 0.5) is 17.2 Å². The van der Waals surface area contributed by atoms with Crippen molar-refractivity contribution >= 4 is 29.0 Å². The van der Waals surface area contributed by atoms with Crippen LogP contribution in [0.5, 0.6) is 0 Å². The number of nitrogens with zero attached hydrogens (tertiary/aromatic N) is 2. The summed E-state index contributed by atoms with van der Waals surface area (Å²) in [4.78, 5) is 29.9. The minimum atomic E-state index is -0.207. The van der Waals surface area contributed by atoms with Gasteiger partial charge in [-0.2, -0.15) is 0 Å². The number of anilines is 3. The lowest BCUT2D eigenvalue weighted by atomic mass is 10.0. The van der Waals surface area contributed by atoms with Crippen LogP contribution in [0.3, 0.4) is 0 Å². The van der Waals surface area contributed by atoms with Gasteiger partial charge in [0.15, 0.2) is 0 Å². The van der Waals surface area contributed by atoms with Crippen LogP contribution in [0, 0.1) is 0 Å². The van der Waals surface area contributed by atoms with Crippen molar-refractivity contribution in [2.24, 2.45) is 0 Å². The molecule has 6 heteroatoms. The molecule has 0 atom stereocenters. The third-order valence-electron chi connectivity index (χ3n) is 3.71. The molecule has 23 heavy (non-hydrogen) atoms. The predicted octanol–water partition coefficient (Wildman–Crippen LogP) is 2.28. The molecule has 0 fully saturated rings. The second-order valence-corrected chi connectivity index (χ2v) is 5.64. The number of carbonyl (C=O) groups excluding carboxylic acids is 2. The number of hydrogen-bond acceptors (Lipinski definition) is 4. The van der Waals surface area contributed by atoms with Crippen LogP contribution < -0.4 is 15.5 Å². The Morgan fingerprint density at radius 3 is 2.87 bits per heavy atom. The lowest BCUT2D eigenvalue weighted by Gasteiger charge is -2.18. The van der Waals surface area contributed by atoms with Gasteiger partial charge in [-0.25, -0.2) is 4.98 Å². The molecule has 2 heterocycles. The van der Waals surface area contributed by atoms with Crippen molar-refractivity contribution < 1.29 is 9.59 Å². The zero-order valence-corrected chi connectivity index (χ0v) is 13.1. The average Bonchev–Trinajstić information content (AvgIpc) is 2.55. The third kappa shape index (κ3) is 3.15. The third-order valence-corrected chi connectivity index (χ3v) is 3.71. The van der Waals surface area contributed by atoms with Gasteiger partial charge >= 0.3 is 0 Å². The van der Waals surface area contributed by atoms with Crippen molar-refractivity contribution in [1.29, 1.82) is 0 Å². The first kappa shape index (κ1) is 15.0. The number of hydrogen-bond donors (Lipinski definition) is 2. The number of nitrogens with one attached hydrogen (secondary N) is 2. The van der Waals surface area contributed by atoms with Crippen molar-refractivity contribution in [2.45, 2.75) is 12.8 Å². The van der Waals surface area contributed by atoms with Crippen LogP contribution in [0.25, 0.3) is 0 Å². The molecule has 2 N–H and O–H groups in total. The van der Waals surface area contributed by atoms with E-state index in [1.165, 1.54) is 0 Å². The highest BCUT2D eigenvalue weighted by molar-refractivity contribution is 6.07. The maximum atomic E-state index is 12.5. The van der Waals surface area contributed by atoms with Crippen LogP contribution in [0.2, 0.25) is 0 Å². The van der Waals surface area contributed by atoms with Gasteiger partial charge < -0.3 is 15.5 Å². The maximum absolute atomic E-state index is 12.5. The summed E-state index contributed by atoms with van der Waals surface area (Å²) in [7, 11) is 3.70. The number of fused-ring (bicyclic) bond motifs is 1. The largest absolute Gasteiger partial charge is 0.362 e. The molecule has 0 spiro atoms. The molecule has 2 aromatic rings. The Hall–Kier alpha value is -2.89. The van der Waals surface area contributed by atoms with Gasteiger partial charge in [-0.15, -0.1) is 0 Å². The molecule has 3 rings (SSSR count). The zero-order valence-electron chi connectivity index (χ0n) is 13.1. The Labute approximate surface area is 134 Å². The second kappa shape index (κ2) is 6.08. The molecule has 0 bridgehead atoms. The summed E-state index contributed by atoms with van der Waals surface area (Å²) >= 11 is 0. The lowest BCUT2D eigenvalue weighted by Crippen LogP contribution is -2.21. The van der Waals surface area contributed by atoms with Crippen LogP contribution >= 0.6 is 0 Å². The number of carbonyl (C=O) groups is 2. The molecule has 0 radical (unpaired) electrons. The Balaban J connectivity index is 1.83. The van der Waals surface area contributed by atoms with E-state index in [2.05, 4.69) is 15.6 Å². The molecule has 1 aromatic carbocycles. The van der Waals surface area contributed by atoms with E-state index in [0.29, 0.717) is 29.9 Å². The summed E-state index contributed by atoms with van der Waals surface area (Å²) in [5, 5.41) is 5.72. The first-order valence-electron chi connectivity index (χ1n) is 7.41. The SMILES string of the molecule is CN(C)c1ncccc1C(=O)Nc1ccc2c(c1)CCC(=O)N2. The molecule has 0 saturated carbocycles. The van der Waals surface area contributed by atoms with Gasteiger partial charge in [-0.05, 0) is 42.3 Å². The lowest BCUT2D eigenvalue weighted by molar-refractivity contribution is -0.116. The molecular formula is C17H18N4O2. The first-order valence-corrected chi connectivity index (χ1v) is 7.41. The summed E-state index contributed by atoms with van der Waals surface area (Å²) in [6.07, 6.45) is 2.81. The number of benzene rings is 1. The minimum absolute atomic E-state index is 0.0280. The normalized spacial score (nSPS) is 13.0. The monoisotopic (exact) mass is 310 g/mol. The van der Waals surface area contributed by atoms with E-state index in [1.54, 1.807) is 29.3 Å². The fraction of sp³-hybridized carbons (Fsp3) is 0.235. The van der Waals surface area contributed by atoms with E-state index < -0.39 is 0 Å². The fourth-order valence-corrected chi connectivity index (χ4v) is 2.59. The Kier molecular flexibility index (Phi) is 3.97. The van der Waals surface area contributed by atoms with Crippen molar-refractivity contribution in [3.63, 3.8) is 0 Å². The molecule has 2 amide bonds. The highest BCUT2D eigenvalue weighted by Gasteiger charge is 2.17. The van der Waals surface area contributed by atoms with Crippen LogP contribution in [-0.4, -0.2) is 30.9 Å². The molecule has 6 nitrogen and oxygen atoms in total. The number of rotatable bonds is 3. The molecule has 0 saturated heterocycles. The molecule has 118 valence electrons. The Morgan fingerprint density at radius 2 is 2.09 bits per heavy atom. The number of aryl methyl sites for hydroxylation is 1. The van der Waals surface area contributed by atoms with Crippen molar-refractivity contribution in [3.8, 4) is 0 Å². The maximum Gasteiger partial charge on any atom is 0.259 e. The zero-order chi connectivity index (χ0) is 16.4. The second-order valence-electron chi connectivity index (χ2n) is 5.64. The smallest absolute Gasteiger partial charge is 0.259 e. The summed E-state index contributed by atoms with van der Waals surface area (Å²) in [6.45, 7) is 0. The van der Waals surface area contributed by atoms with Crippen molar-refractivity contribution in [1.82, 2.24) is 4.98 Å². The first-order chi connectivity index (χ1) is 11.0. The Bertz CT molecular complexity index is 771. The highest BCUT2D eigenvalue weighted by Crippen LogP contribution is 2.26. The van der Waals surface area contributed by atoms with Gasteiger partial charge in [0.25, 0.3) is 5.91 Å². The molecule has 1 aliphatic rings. The molecule has 0 aliphatic carbocycles. The number of pyridine rings is 1. The van der Waals surface area contributed by atoms with E-state index in [0.717, 1.165) is 11.3 Å². The summed E-state index contributed by atoms with van der Waals surface area (Å²) in [5.41, 5.74) is 3.07.